The standard InChI is InChI=1S/C25H30N4O5/c1-3-6-17(2)26-24(30)18-9-10-22(23(15-18)29(32)33)27-13-11-20(12-14-27)28-21-8-5-4-7-19(21)16-34-25(28)31/h4-5,7-10,15,17,20H,3,6,11-14,16H2,1-2H3,(H,26,30). The van der Waals surface area contributed by atoms with Gasteiger partial charge in [-0.1, -0.05) is 31.5 Å². The molecule has 0 radical (unpaired) electrons. The summed E-state index contributed by atoms with van der Waals surface area (Å²) in [7, 11) is 0. The predicted molar refractivity (Wildman–Crippen MR) is 129 cm³/mol. The molecule has 2 aromatic rings. The number of fused-ring (bicyclic) bond motifs is 1. The van der Waals surface area contributed by atoms with E-state index in [-0.39, 0.29) is 41.9 Å². The number of nitrogens with one attached hydrogen (secondary N) is 1. The van der Waals surface area contributed by atoms with E-state index >= 15 is 0 Å². The summed E-state index contributed by atoms with van der Waals surface area (Å²) in [5.41, 5.74) is 2.53. The van der Waals surface area contributed by atoms with Crippen LogP contribution in [0.15, 0.2) is 42.5 Å². The zero-order chi connectivity index (χ0) is 24.2. The number of nitrogens with zero attached hydrogens (tertiary/aromatic N) is 3. The number of carbonyl (C=O) groups is 2. The molecular weight excluding hydrogens is 436 g/mol. The maximum absolute atomic E-state index is 12.5. The van der Waals surface area contributed by atoms with Crippen molar-refractivity contribution in [3.63, 3.8) is 0 Å². The molecule has 2 aromatic carbocycles. The first kappa shape index (κ1) is 23.5. The van der Waals surface area contributed by atoms with Crippen molar-refractivity contribution in [1.29, 1.82) is 0 Å². The third-order valence-electron chi connectivity index (χ3n) is 6.50. The lowest BCUT2D eigenvalue weighted by Gasteiger charge is -2.40. The summed E-state index contributed by atoms with van der Waals surface area (Å²) in [4.78, 5) is 40.1. The molecule has 2 amide bonds. The number of cyclic esters (lactones) is 1. The SMILES string of the molecule is CCCC(C)NC(=O)c1ccc(N2CCC(N3C(=O)OCc4ccccc43)CC2)c([N+](=O)[O-])c1. The Bertz CT molecular complexity index is 1080. The van der Waals surface area contributed by atoms with Crippen molar-refractivity contribution in [2.45, 2.75) is 58.2 Å². The van der Waals surface area contributed by atoms with Gasteiger partial charge in [0.05, 0.1) is 10.6 Å². The topological polar surface area (TPSA) is 105 Å². The highest BCUT2D eigenvalue weighted by Crippen LogP contribution is 2.35. The van der Waals surface area contributed by atoms with E-state index in [2.05, 4.69) is 5.32 Å². The fourth-order valence-corrected chi connectivity index (χ4v) is 4.78. The summed E-state index contributed by atoms with van der Waals surface area (Å²) in [6.45, 7) is 5.34. The smallest absolute Gasteiger partial charge is 0.414 e. The number of rotatable bonds is 7. The number of ether oxygens (including phenoxy) is 1. The van der Waals surface area contributed by atoms with Crippen molar-refractivity contribution in [1.82, 2.24) is 5.32 Å². The maximum atomic E-state index is 12.5. The number of hydrogen-bond donors (Lipinski definition) is 1. The summed E-state index contributed by atoms with van der Waals surface area (Å²) in [6.07, 6.45) is 2.73. The van der Waals surface area contributed by atoms with E-state index < -0.39 is 4.92 Å². The van der Waals surface area contributed by atoms with E-state index in [0.29, 0.717) is 31.6 Å². The average Bonchev–Trinajstić information content (AvgIpc) is 2.84. The molecule has 9 nitrogen and oxygen atoms in total. The van der Waals surface area contributed by atoms with Crippen LogP contribution in [0.3, 0.4) is 0 Å². The van der Waals surface area contributed by atoms with Crippen LogP contribution in [0.1, 0.15) is 55.5 Å². The second kappa shape index (κ2) is 10.1. The van der Waals surface area contributed by atoms with Crippen molar-refractivity contribution in [2.24, 2.45) is 0 Å². The lowest BCUT2D eigenvalue weighted by atomic mass is 9.99. The van der Waals surface area contributed by atoms with E-state index in [4.69, 9.17) is 4.74 Å². The monoisotopic (exact) mass is 466 g/mol. The van der Waals surface area contributed by atoms with Gasteiger partial charge in [0.25, 0.3) is 11.6 Å². The van der Waals surface area contributed by atoms with Gasteiger partial charge in [0, 0.05) is 42.4 Å². The minimum atomic E-state index is -0.439. The number of benzene rings is 2. The van der Waals surface area contributed by atoms with Gasteiger partial charge in [-0.05, 0) is 44.4 Å². The van der Waals surface area contributed by atoms with E-state index in [1.165, 1.54) is 6.07 Å². The van der Waals surface area contributed by atoms with Crippen molar-refractivity contribution in [3.05, 3.63) is 63.7 Å². The normalized spacial score (nSPS) is 17.1. The Labute approximate surface area is 198 Å². The first-order valence-corrected chi connectivity index (χ1v) is 11.8. The van der Waals surface area contributed by atoms with Crippen LogP contribution in [0.2, 0.25) is 0 Å². The third kappa shape index (κ3) is 4.83. The molecule has 4 rings (SSSR count). The molecule has 1 N–H and O–H groups in total. The lowest BCUT2D eigenvalue weighted by Crippen LogP contribution is -2.49. The van der Waals surface area contributed by atoms with Gasteiger partial charge in [0.15, 0.2) is 0 Å². The molecule has 1 unspecified atom stereocenters. The fourth-order valence-electron chi connectivity index (χ4n) is 4.78. The van der Waals surface area contributed by atoms with Gasteiger partial charge in [-0.25, -0.2) is 4.79 Å². The van der Waals surface area contributed by atoms with Gasteiger partial charge in [0.2, 0.25) is 0 Å². The molecule has 0 spiro atoms. The minimum Gasteiger partial charge on any atom is -0.444 e. The molecule has 2 aliphatic heterocycles. The van der Waals surface area contributed by atoms with Crippen LogP contribution in [0, 0.1) is 10.1 Å². The highest BCUT2D eigenvalue weighted by Gasteiger charge is 2.35. The van der Waals surface area contributed by atoms with E-state index in [1.54, 1.807) is 17.0 Å². The van der Waals surface area contributed by atoms with Crippen molar-refractivity contribution < 1.29 is 19.2 Å². The Morgan fingerprint density at radius 3 is 2.65 bits per heavy atom. The molecular formula is C25H30N4O5. The molecule has 2 heterocycles. The molecule has 9 heteroatoms. The first-order chi connectivity index (χ1) is 16.4. The number of nitro benzene ring substituents is 1. The van der Waals surface area contributed by atoms with Gasteiger partial charge < -0.3 is 15.0 Å². The number of carbonyl (C=O) groups excluding carboxylic acids is 2. The number of piperidine rings is 1. The quantitative estimate of drug-likeness (QED) is 0.471. The molecule has 0 saturated carbocycles. The number of amides is 2. The van der Waals surface area contributed by atoms with Crippen molar-refractivity contribution >= 4 is 29.1 Å². The van der Waals surface area contributed by atoms with Gasteiger partial charge in [-0.15, -0.1) is 0 Å². The highest BCUT2D eigenvalue weighted by molar-refractivity contribution is 5.96. The van der Waals surface area contributed by atoms with Crippen LogP contribution < -0.4 is 15.1 Å². The molecule has 34 heavy (non-hydrogen) atoms. The van der Waals surface area contributed by atoms with Crippen LogP contribution in [0.25, 0.3) is 0 Å². The molecule has 0 bridgehead atoms. The van der Waals surface area contributed by atoms with Gasteiger partial charge in [0.1, 0.15) is 12.3 Å². The van der Waals surface area contributed by atoms with Gasteiger partial charge >= 0.3 is 6.09 Å². The molecule has 1 saturated heterocycles. The van der Waals surface area contributed by atoms with Crippen molar-refractivity contribution in [2.75, 3.05) is 22.9 Å². The average molecular weight is 467 g/mol. The minimum absolute atomic E-state index is 0.00173. The predicted octanol–water partition coefficient (Wildman–Crippen LogP) is 4.64. The van der Waals surface area contributed by atoms with E-state index in [1.807, 2.05) is 43.0 Å². The fraction of sp³-hybridized carbons (Fsp3) is 0.440. The number of hydrogen-bond acceptors (Lipinski definition) is 6. The summed E-state index contributed by atoms with van der Waals surface area (Å²) in [6, 6.07) is 12.3. The Morgan fingerprint density at radius 1 is 1.21 bits per heavy atom. The van der Waals surface area contributed by atoms with Crippen LogP contribution in [0.5, 0.6) is 0 Å². The molecule has 0 aromatic heterocycles. The maximum Gasteiger partial charge on any atom is 0.414 e. The van der Waals surface area contributed by atoms with Crippen LogP contribution in [-0.2, 0) is 11.3 Å². The van der Waals surface area contributed by atoms with Crippen LogP contribution >= 0.6 is 0 Å². The van der Waals surface area contributed by atoms with Crippen molar-refractivity contribution in [3.8, 4) is 0 Å². The van der Waals surface area contributed by atoms with Crippen LogP contribution in [0.4, 0.5) is 21.9 Å². The second-order valence-electron chi connectivity index (χ2n) is 8.90. The number of para-hydroxylation sites is 1. The Kier molecular flexibility index (Phi) is 7.00. The molecule has 1 atom stereocenters. The summed E-state index contributed by atoms with van der Waals surface area (Å²) in [5, 5.41) is 14.7. The second-order valence-corrected chi connectivity index (χ2v) is 8.90. The lowest BCUT2D eigenvalue weighted by molar-refractivity contribution is -0.384. The van der Waals surface area contributed by atoms with Gasteiger partial charge in [-0.2, -0.15) is 0 Å². The largest absolute Gasteiger partial charge is 0.444 e. The molecule has 1 fully saturated rings. The summed E-state index contributed by atoms with van der Waals surface area (Å²) in [5.74, 6) is -0.309. The zero-order valence-electron chi connectivity index (χ0n) is 19.5. The number of anilines is 2. The van der Waals surface area contributed by atoms with E-state index in [9.17, 15) is 19.7 Å². The highest BCUT2D eigenvalue weighted by atomic mass is 16.6. The number of nitro groups is 1. The summed E-state index contributed by atoms with van der Waals surface area (Å²) >= 11 is 0. The summed E-state index contributed by atoms with van der Waals surface area (Å²) < 4.78 is 5.36. The molecule has 180 valence electrons. The van der Waals surface area contributed by atoms with E-state index in [0.717, 1.165) is 24.1 Å². The molecule has 2 aliphatic rings. The Balaban J connectivity index is 1.48. The third-order valence-corrected chi connectivity index (χ3v) is 6.50. The molecule has 0 aliphatic carbocycles. The van der Waals surface area contributed by atoms with Gasteiger partial charge in [-0.3, -0.25) is 19.8 Å². The Morgan fingerprint density at radius 2 is 1.94 bits per heavy atom. The zero-order valence-corrected chi connectivity index (χ0v) is 19.5. The van der Waals surface area contributed by atoms with Crippen LogP contribution in [-0.4, -0.2) is 42.1 Å². The Hall–Kier alpha value is -3.62. The first-order valence-electron chi connectivity index (χ1n) is 11.8.